The van der Waals surface area contributed by atoms with Crippen molar-refractivity contribution < 1.29 is 0 Å². The van der Waals surface area contributed by atoms with E-state index in [1.807, 2.05) is 0 Å². The van der Waals surface area contributed by atoms with Crippen LogP contribution < -0.4 is 15.5 Å². The zero-order valence-electron chi connectivity index (χ0n) is 13.1. The van der Waals surface area contributed by atoms with Gasteiger partial charge in [-0.05, 0) is 44.3 Å². The molecule has 0 radical (unpaired) electrons. The van der Waals surface area contributed by atoms with Gasteiger partial charge >= 0.3 is 0 Å². The van der Waals surface area contributed by atoms with Crippen LogP contribution in [-0.4, -0.2) is 48.7 Å². The molecule has 4 heterocycles. The third-order valence-corrected chi connectivity index (χ3v) is 4.93. The van der Waals surface area contributed by atoms with Crippen LogP contribution >= 0.6 is 0 Å². The number of piperidine rings is 1. The molecule has 2 aliphatic heterocycles. The molecule has 2 aromatic heterocycles. The summed E-state index contributed by atoms with van der Waals surface area (Å²) < 4.78 is 2.17. The van der Waals surface area contributed by atoms with Gasteiger partial charge in [0.25, 0.3) is 0 Å². The highest BCUT2D eigenvalue weighted by molar-refractivity contribution is 5.57. The number of aromatic nitrogens is 2. The van der Waals surface area contributed by atoms with Crippen LogP contribution in [0.3, 0.4) is 0 Å². The smallest absolute Gasteiger partial charge is 0.139 e. The monoisotopic (exact) mass is 299 g/mol. The van der Waals surface area contributed by atoms with E-state index in [9.17, 15) is 0 Å². The summed E-state index contributed by atoms with van der Waals surface area (Å²) in [7, 11) is 0. The molecule has 0 amide bonds. The number of piperazine rings is 1. The predicted octanol–water partition coefficient (Wildman–Crippen LogP) is 1.29. The molecule has 0 aliphatic carbocycles. The molecule has 5 heteroatoms. The predicted molar refractivity (Wildman–Crippen MR) is 89.6 cm³/mol. The van der Waals surface area contributed by atoms with Gasteiger partial charge in [-0.25, -0.2) is 4.98 Å². The first-order chi connectivity index (χ1) is 10.9. The molecule has 22 heavy (non-hydrogen) atoms. The average Bonchev–Trinajstić information content (AvgIpc) is 2.98. The van der Waals surface area contributed by atoms with E-state index in [2.05, 4.69) is 44.5 Å². The molecule has 2 aliphatic rings. The van der Waals surface area contributed by atoms with Gasteiger partial charge in [0.15, 0.2) is 0 Å². The van der Waals surface area contributed by atoms with Crippen LogP contribution in [0.15, 0.2) is 24.5 Å². The minimum Gasteiger partial charge on any atom is -0.369 e. The Morgan fingerprint density at radius 1 is 1.09 bits per heavy atom. The van der Waals surface area contributed by atoms with E-state index in [-0.39, 0.29) is 0 Å². The van der Waals surface area contributed by atoms with Gasteiger partial charge in [-0.1, -0.05) is 0 Å². The van der Waals surface area contributed by atoms with Gasteiger partial charge in [0.1, 0.15) is 5.65 Å². The number of pyridine rings is 1. The normalized spacial score (nSPS) is 20.6. The highest BCUT2D eigenvalue weighted by atomic mass is 15.2. The maximum atomic E-state index is 4.86. The Labute approximate surface area is 131 Å². The molecule has 0 atom stereocenters. The largest absolute Gasteiger partial charge is 0.369 e. The molecular weight excluding hydrogens is 274 g/mol. The number of hydrogen-bond acceptors (Lipinski definition) is 4. The number of nitrogens with zero attached hydrogens (tertiary/aromatic N) is 3. The minimum atomic E-state index is 0.791. The highest BCUT2D eigenvalue weighted by Crippen LogP contribution is 2.21. The van der Waals surface area contributed by atoms with Gasteiger partial charge in [0.05, 0.1) is 5.69 Å². The molecule has 118 valence electrons. The summed E-state index contributed by atoms with van der Waals surface area (Å²) in [5, 5.41) is 6.84. The molecule has 0 aromatic carbocycles. The van der Waals surface area contributed by atoms with E-state index >= 15 is 0 Å². The van der Waals surface area contributed by atoms with Gasteiger partial charge in [-0.2, -0.15) is 0 Å². The summed E-state index contributed by atoms with van der Waals surface area (Å²) >= 11 is 0. The van der Waals surface area contributed by atoms with Crippen LogP contribution in [0.25, 0.3) is 5.65 Å². The summed E-state index contributed by atoms with van der Waals surface area (Å²) in [6, 6.07) is 4.45. The van der Waals surface area contributed by atoms with E-state index in [4.69, 9.17) is 4.98 Å². The highest BCUT2D eigenvalue weighted by Gasteiger charge is 2.16. The van der Waals surface area contributed by atoms with Crippen molar-refractivity contribution in [3.8, 4) is 0 Å². The maximum absolute atomic E-state index is 4.86. The summed E-state index contributed by atoms with van der Waals surface area (Å²) in [5.74, 6) is 0.791. The summed E-state index contributed by atoms with van der Waals surface area (Å²) in [6.07, 6.45) is 8.04. The standard InChI is InChI=1S/C17H25N5/c1-4-18-5-2-14(1)11-15-13-22-8-3-16(12-17(22)20-15)21-9-6-19-7-10-21/h3,8,12-14,18-19H,1-2,4-7,9-11H2. The van der Waals surface area contributed by atoms with Crippen LogP contribution in [0.1, 0.15) is 18.5 Å². The molecule has 2 saturated heterocycles. The minimum absolute atomic E-state index is 0.791. The quantitative estimate of drug-likeness (QED) is 0.896. The third-order valence-electron chi connectivity index (χ3n) is 4.93. The number of anilines is 1. The molecule has 0 spiro atoms. The molecule has 0 saturated carbocycles. The number of nitrogens with one attached hydrogen (secondary N) is 2. The summed E-state index contributed by atoms with van der Waals surface area (Å²) in [5.41, 5.74) is 3.62. The molecule has 2 N–H and O–H groups in total. The molecular formula is C17H25N5. The molecule has 2 aromatic rings. The van der Waals surface area contributed by atoms with Crippen LogP contribution in [-0.2, 0) is 6.42 Å². The molecule has 5 nitrogen and oxygen atoms in total. The Kier molecular flexibility index (Phi) is 3.99. The lowest BCUT2D eigenvalue weighted by atomic mass is 9.93. The van der Waals surface area contributed by atoms with E-state index in [1.54, 1.807) is 0 Å². The SMILES string of the molecule is c1cn2cc(CC3CCNCC3)nc2cc1N1CCNCC1. The van der Waals surface area contributed by atoms with E-state index in [0.29, 0.717) is 0 Å². The number of imidazole rings is 1. The zero-order chi connectivity index (χ0) is 14.8. The Hall–Kier alpha value is -1.59. The van der Waals surface area contributed by atoms with Crippen molar-refractivity contribution in [2.24, 2.45) is 5.92 Å². The van der Waals surface area contributed by atoms with Gasteiger partial charge in [-0.3, -0.25) is 0 Å². The number of rotatable bonds is 3. The second-order valence-electron chi connectivity index (χ2n) is 6.52. The first-order valence-electron chi connectivity index (χ1n) is 8.52. The Bertz CT molecular complexity index is 623. The Morgan fingerprint density at radius 3 is 2.68 bits per heavy atom. The number of hydrogen-bond donors (Lipinski definition) is 2. The second-order valence-corrected chi connectivity index (χ2v) is 6.52. The van der Waals surface area contributed by atoms with Crippen LogP contribution in [0, 0.1) is 5.92 Å². The third kappa shape index (κ3) is 2.96. The van der Waals surface area contributed by atoms with Crippen molar-refractivity contribution in [2.45, 2.75) is 19.3 Å². The van der Waals surface area contributed by atoms with E-state index in [0.717, 1.165) is 57.3 Å². The Morgan fingerprint density at radius 2 is 1.86 bits per heavy atom. The first-order valence-corrected chi connectivity index (χ1v) is 8.52. The van der Waals surface area contributed by atoms with E-state index in [1.165, 1.54) is 24.2 Å². The molecule has 0 bridgehead atoms. The summed E-state index contributed by atoms with van der Waals surface area (Å²) in [4.78, 5) is 7.30. The van der Waals surface area contributed by atoms with Crippen molar-refractivity contribution in [3.05, 3.63) is 30.2 Å². The van der Waals surface area contributed by atoms with Gasteiger partial charge in [-0.15, -0.1) is 0 Å². The van der Waals surface area contributed by atoms with Crippen LogP contribution in [0.5, 0.6) is 0 Å². The molecule has 0 unspecified atom stereocenters. The van der Waals surface area contributed by atoms with Crippen LogP contribution in [0.4, 0.5) is 5.69 Å². The lowest BCUT2D eigenvalue weighted by Crippen LogP contribution is -2.43. The fourth-order valence-corrected chi connectivity index (χ4v) is 3.62. The van der Waals surface area contributed by atoms with Crippen LogP contribution in [0.2, 0.25) is 0 Å². The first kappa shape index (κ1) is 14.0. The van der Waals surface area contributed by atoms with Gasteiger partial charge in [0, 0.05) is 50.3 Å². The number of fused-ring (bicyclic) bond motifs is 1. The lowest BCUT2D eigenvalue weighted by Gasteiger charge is -2.29. The topological polar surface area (TPSA) is 44.6 Å². The van der Waals surface area contributed by atoms with Crippen molar-refractivity contribution in [1.29, 1.82) is 0 Å². The van der Waals surface area contributed by atoms with Gasteiger partial charge in [0.2, 0.25) is 0 Å². The fourth-order valence-electron chi connectivity index (χ4n) is 3.62. The van der Waals surface area contributed by atoms with Crippen molar-refractivity contribution in [3.63, 3.8) is 0 Å². The van der Waals surface area contributed by atoms with Crippen molar-refractivity contribution in [2.75, 3.05) is 44.2 Å². The molecule has 2 fully saturated rings. The van der Waals surface area contributed by atoms with E-state index < -0.39 is 0 Å². The van der Waals surface area contributed by atoms with Crippen molar-refractivity contribution >= 4 is 11.3 Å². The zero-order valence-corrected chi connectivity index (χ0v) is 13.1. The second kappa shape index (κ2) is 6.26. The Balaban J connectivity index is 1.52. The summed E-state index contributed by atoms with van der Waals surface area (Å²) in [6.45, 7) is 6.62. The van der Waals surface area contributed by atoms with Gasteiger partial charge < -0.3 is 19.9 Å². The fraction of sp³-hybridized carbons (Fsp3) is 0.588. The average molecular weight is 299 g/mol. The maximum Gasteiger partial charge on any atom is 0.139 e. The van der Waals surface area contributed by atoms with Crippen molar-refractivity contribution in [1.82, 2.24) is 20.0 Å². The lowest BCUT2D eigenvalue weighted by molar-refractivity contribution is 0.370. The molecule has 4 rings (SSSR count).